The van der Waals surface area contributed by atoms with Gasteiger partial charge in [-0.2, -0.15) is 0 Å². The number of hydrogen-bond donors (Lipinski definition) is 1. The lowest BCUT2D eigenvalue weighted by molar-refractivity contribution is 0.424. The molecule has 0 saturated heterocycles. The maximum Gasteiger partial charge on any atom is 0.0210 e. The molecule has 2 aromatic carbocycles. The van der Waals surface area contributed by atoms with Gasteiger partial charge in [0.05, 0.1) is 0 Å². The van der Waals surface area contributed by atoms with Crippen molar-refractivity contribution in [3.63, 3.8) is 0 Å². The van der Waals surface area contributed by atoms with Gasteiger partial charge in [0.25, 0.3) is 0 Å². The Kier molecular flexibility index (Phi) is 5.13. The first kappa shape index (κ1) is 16.1. The van der Waals surface area contributed by atoms with Gasteiger partial charge < -0.3 is 5.32 Å². The monoisotopic (exact) mass is 299 g/mol. The van der Waals surface area contributed by atoms with Crippen LogP contribution < -0.4 is 5.32 Å². The average Bonchev–Trinajstić information content (AvgIpc) is 2.38. The van der Waals surface area contributed by atoms with Crippen LogP contribution in [0.2, 0.25) is 0 Å². The highest BCUT2D eigenvalue weighted by molar-refractivity contribution is 7.99. The molecule has 21 heavy (non-hydrogen) atoms. The van der Waals surface area contributed by atoms with Crippen LogP contribution in [0, 0.1) is 13.8 Å². The molecule has 0 aliphatic rings. The van der Waals surface area contributed by atoms with E-state index in [0.717, 1.165) is 6.54 Å². The molecule has 1 N–H and O–H groups in total. The molecule has 0 saturated carbocycles. The third-order valence-electron chi connectivity index (χ3n) is 3.28. The molecular formula is C19H25NS. The van der Waals surface area contributed by atoms with E-state index in [4.69, 9.17) is 0 Å². The quantitative estimate of drug-likeness (QED) is 0.817. The molecule has 2 aromatic rings. The highest BCUT2D eigenvalue weighted by Gasteiger charge is 2.09. The van der Waals surface area contributed by atoms with Crippen LogP contribution in [0.4, 0.5) is 0 Å². The van der Waals surface area contributed by atoms with Gasteiger partial charge in [0.1, 0.15) is 0 Å². The Morgan fingerprint density at radius 3 is 2.38 bits per heavy atom. The van der Waals surface area contributed by atoms with E-state index < -0.39 is 0 Å². The smallest absolute Gasteiger partial charge is 0.0210 e. The van der Waals surface area contributed by atoms with Gasteiger partial charge in [0.15, 0.2) is 0 Å². The third-order valence-corrected chi connectivity index (χ3v) is 4.45. The Morgan fingerprint density at radius 2 is 1.76 bits per heavy atom. The Labute approximate surface area is 133 Å². The highest BCUT2D eigenvalue weighted by Crippen LogP contribution is 2.31. The van der Waals surface area contributed by atoms with Gasteiger partial charge >= 0.3 is 0 Å². The van der Waals surface area contributed by atoms with Crippen LogP contribution >= 0.6 is 11.8 Å². The summed E-state index contributed by atoms with van der Waals surface area (Å²) in [7, 11) is 0. The lowest BCUT2D eigenvalue weighted by Crippen LogP contribution is -2.35. The van der Waals surface area contributed by atoms with E-state index >= 15 is 0 Å². The molecule has 2 heteroatoms. The van der Waals surface area contributed by atoms with Crippen LogP contribution in [0.25, 0.3) is 0 Å². The summed E-state index contributed by atoms with van der Waals surface area (Å²) < 4.78 is 0. The fraction of sp³-hybridized carbons (Fsp3) is 0.368. The summed E-state index contributed by atoms with van der Waals surface area (Å²) in [5.41, 5.74) is 4.15. The molecule has 0 amide bonds. The summed E-state index contributed by atoms with van der Waals surface area (Å²) in [5.74, 6) is 0. The molecule has 0 bridgehead atoms. The van der Waals surface area contributed by atoms with Crippen molar-refractivity contribution in [1.82, 2.24) is 5.32 Å². The van der Waals surface area contributed by atoms with Crippen LogP contribution in [-0.2, 0) is 6.54 Å². The number of benzene rings is 2. The lowest BCUT2D eigenvalue weighted by atomic mass is 10.1. The summed E-state index contributed by atoms with van der Waals surface area (Å²) in [6.45, 7) is 11.8. The second-order valence-electron chi connectivity index (χ2n) is 6.62. The molecule has 0 heterocycles. The minimum absolute atomic E-state index is 0.156. The van der Waals surface area contributed by atoms with Gasteiger partial charge in [0.2, 0.25) is 0 Å². The first-order valence-electron chi connectivity index (χ1n) is 7.42. The normalized spacial score (nSPS) is 11.7. The predicted octanol–water partition coefficient (Wildman–Crippen LogP) is 5.34. The largest absolute Gasteiger partial charge is 0.308 e. The summed E-state index contributed by atoms with van der Waals surface area (Å²) in [4.78, 5) is 2.64. The van der Waals surface area contributed by atoms with E-state index in [2.05, 4.69) is 82.4 Å². The fourth-order valence-electron chi connectivity index (χ4n) is 2.11. The van der Waals surface area contributed by atoms with Crippen LogP contribution in [0.15, 0.2) is 52.3 Å². The second-order valence-corrected chi connectivity index (χ2v) is 7.74. The maximum atomic E-state index is 3.54. The van der Waals surface area contributed by atoms with E-state index in [1.54, 1.807) is 0 Å². The van der Waals surface area contributed by atoms with Gasteiger partial charge in [-0.25, -0.2) is 0 Å². The standard InChI is InChI=1S/C19H25NS/c1-14-7-6-8-17(11-14)21-18-10-9-16(12-15(18)2)13-20-19(3,4)5/h6-12,20H,13H2,1-5H3. The first-order valence-corrected chi connectivity index (χ1v) is 8.24. The van der Waals surface area contributed by atoms with Gasteiger partial charge in [-0.15, -0.1) is 0 Å². The molecule has 0 atom stereocenters. The number of hydrogen-bond acceptors (Lipinski definition) is 2. The van der Waals surface area contributed by atoms with Crippen LogP contribution in [0.3, 0.4) is 0 Å². The average molecular weight is 299 g/mol. The predicted molar refractivity (Wildman–Crippen MR) is 93.1 cm³/mol. The van der Waals surface area contributed by atoms with Gasteiger partial charge in [-0.3, -0.25) is 0 Å². The molecule has 0 aliphatic heterocycles. The van der Waals surface area contributed by atoms with Crippen LogP contribution in [0.5, 0.6) is 0 Å². The van der Waals surface area contributed by atoms with Gasteiger partial charge in [-0.1, -0.05) is 41.6 Å². The molecule has 2 rings (SSSR count). The molecule has 0 radical (unpaired) electrons. The number of nitrogens with one attached hydrogen (secondary N) is 1. The van der Waals surface area contributed by atoms with E-state index in [-0.39, 0.29) is 5.54 Å². The Morgan fingerprint density at radius 1 is 1.00 bits per heavy atom. The van der Waals surface area contributed by atoms with Crippen molar-refractivity contribution in [2.45, 2.75) is 56.5 Å². The summed E-state index contributed by atoms with van der Waals surface area (Å²) >= 11 is 1.84. The highest BCUT2D eigenvalue weighted by atomic mass is 32.2. The minimum Gasteiger partial charge on any atom is -0.308 e. The molecule has 0 fully saturated rings. The van der Waals surface area contributed by atoms with Gasteiger partial charge in [-0.05, 0) is 63.9 Å². The minimum atomic E-state index is 0.156. The van der Waals surface area contributed by atoms with E-state index in [9.17, 15) is 0 Å². The topological polar surface area (TPSA) is 12.0 Å². The fourth-order valence-corrected chi connectivity index (χ4v) is 3.11. The lowest BCUT2D eigenvalue weighted by Gasteiger charge is -2.21. The first-order chi connectivity index (χ1) is 9.83. The number of rotatable bonds is 4. The van der Waals surface area contributed by atoms with Crippen molar-refractivity contribution >= 4 is 11.8 Å². The summed E-state index contributed by atoms with van der Waals surface area (Å²) in [5, 5.41) is 3.54. The zero-order valence-electron chi connectivity index (χ0n) is 13.7. The van der Waals surface area contributed by atoms with E-state index in [0.29, 0.717) is 0 Å². The van der Waals surface area contributed by atoms with Crippen molar-refractivity contribution < 1.29 is 0 Å². The Hall–Kier alpha value is -1.25. The van der Waals surface area contributed by atoms with E-state index in [1.165, 1.54) is 26.5 Å². The molecule has 0 aromatic heterocycles. The van der Waals surface area contributed by atoms with Crippen LogP contribution in [-0.4, -0.2) is 5.54 Å². The zero-order valence-corrected chi connectivity index (χ0v) is 14.5. The molecule has 0 aliphatic carbocycles. The summed E-state index contributed by atoms with van der Waals surface area (Å²) in [6.07, 6.45) is 0. The second kappa shape index (κ2) is 6.67. The SMILES string of the molecule is Cc1cccc(Sc2ccc(CNC(C)(C)C)cc2C)c1. The molecule has 0 unspecified atom stereocenters. The maximum absolute atomic E-state index is 3.54. The molecular weight excluding hydrogens is 274 g/mol. The molecule has 1 nitrogen and oxygen atoms in total. The van der Waals surface area contributed by atoms with Crippen molar-refractivity contribution in [2.24, 2.45) is 0 Å². The molecule has 112 valence electrons. The van der Waals surface area contributed by atoms with Gasteiger partial charge in [0, 0.05) is 21.9 Å². The Balaban J connectivity index is 2.09. The van der Waals surface area contributed by atoms with Crippen molar-refractivity contribution in [2.75, 3.05) is 0 Å². The van der Waals surface area contributed by atoms with Crippen molar-refractivity contribution in [1.29, 1.82) is 0 Å². The zero-order chi connectivity index (χ0) is 15.5. The number of aryl methyl sites for hydroxylation is 2. The Bertz CT molecular complexity index is 611. The van der Waals surface area contributed by atoms with Crippen molar-refractivity contribution in [3.8, 4) is 0 Å². The molecule has 0 spiro atoms. The summed E-state index contributed by atoms with van der Waals surface area (Å²) in [6, 6.07) is 15.4. The van der Waals surface area contributed by atoms with E-state index in [1.807, 2.05) is 11.8 Å². The third kappa shape index (κ3) is 5.22. The van der Waals surface area contributed by atoms with Crippen molar-refractivity contribution in [3.05, 3.63) is 59.2 Å². The van der Waals surface area contributed by atoms with Crippen LogP contribution in [0.1, 0.15) is 37.5 Å².